The molecule has 220 valence electrons. The average molecular weight is 585 g/mol. The largest absolute Gasteiger partial charge is 0.493 e. The highest BCUT2D eigenvalue weighted by molar-refractivity contribution is 5.85. The van der Waals surface area contributed by atoms with Gasteiger partial charge in [0.2, 0.25) is 5.88 Å². The molecule has 0 saturated carbocycles. The summed E-state index contributed by atoms with van der Waals surface area (Å²) in [6, 6.07) is 7.24. The Morgan fingerprint density at radius 1 is 0.951 bits per heavy atom. The second-order valence-electron chi connectivity index (χ2n) is 9.39. The molecule has 0 fully saturated rings. The first-order valence-electron chi connectivity index (χ1n) is 12.8. The Morgan fingerprint density at radius 2 is 1.71 bits per heavy atom. The van der Waals surface area contributed by atoms with E-state index in [0.717, 1.165) is 27.5 Å². The fourth-order valence-electron chi connectivity index (χ4n) is 4.55. The van der Waals surface area contributed by atoms with Gasteiger partial charge in [0.1, 0.15) is 11.3 Å². The lowest BCUT2D eigenvalue weighted by molar-refractivity contribution is -0.138. The molecule has 0 atom stereocenters. The van der Waals surface area contributed by atoms with Crippen molar-refractivity contribution in [2.45, 2.75) is 57.9 Å². The highest BCUT2D eigenvalue weighted by Crippen LogP contribution is 2.37. The summed E-state index contributed by atoms with van der Waals surface area (Å²) in [4.78, 5) is 24.6. The summed E-state index contributed by atoms with van der Waals surface area (Å²) >= 11 is 0. The zero-order chi connectivity index (χ0) is 29.9. The van der Waals surface area contributed by atoms with Crippen LogP contribution in [0.2, 0.25) is 0 Å². The lowest BCUT2D eigenvalue weighted by Gasteiger charge is -2.15. The van der Waals surface area contributed by atoms with E-state index in [0.29, 0.717) is 49.5 Å². The van der Waals surface area contributed by atoms with Gasteiger partial charge in [-0.15, -0.1) is 0 Å². The minimum atomic E-state index is -4.73. The third-order valence-corrected chi connectivity index (χ3v) is 6.47. The Balaban J connectivity index is 1.40. The van der Waals surface area contributed by atoms with Crippen LogP contribution in [0.5, 0.6) is 11.6 Å². The number of ether oxygens (including phenoxy) is 1. The van der Waals surface area contributed by atoms with Gasteiger partial charge in [0.25, 0.3) is 0 Å². The van der Waals surface area contributed by atoms with E-state index >= 15 is 0 Å². The maximum absolute atomic E-state index is 13.5. The maximum Gasteiger partial charge on any atom is 0.417 e. The number of benzene rings is 2. The van der Waals surface area contributed by atoms with E-state index in [1.807, 2.05) is 6.92 Å². The number of unbranched alkanes of at least 4 members (excludes halogenated alkanes) is 2. The molecule has 0 spiro atoms. The van der Waals surface area contributed by atoms with Crippen molar-refractivity contribution in [3.8, 4) is 17.3 Å². The number of hydrogen-bond acceptors (Lipinski definition) is 5. The van der Waals surface area contributed by atoms with Gasteiger partial charge in [-0.05, 0) is 56.0 Å². The molecule has 4 rings (SSSR count). The smallest absolute Gasteiger partial charge is 0.417 e. The number of aromatic nitrogens is 2. The van der Waals surface area contributed by atoms with Crippen molar-refractivity contribution >= 4 is 11.0 Å². The topological polar surface area (TPSA) is 86.6 Å². The van der Waals surface area contributed by atoms with Crippen molar-refractivity contribution in [2.75, 3.05) is 6.61 Å². The van der Waals surface area contributed by atoms with Crippen molar-refractivity contribution in [3.05, 3.63) is 86.3 Å². The first kappa shape index (κ1) is 29.8. The van der Waals surface area contributed by atoms with Gasteiger partial charge in [-0.2, -0.15) is 26.3 Å². The number of hydrogen-bond donors (Lipinski definition) is 1. The molecular formula is C28H26F6N2O5. The second-order valence-corrected chi connectivity index (χ2v) is 9.39. The Bertz CT molecular complexity index is 1650. The summed E-state index contributed by atoms with van der Waals surface area (Å²) in [6.07, 6.45) is -5.94. The second kappa shape index (κ2) is 11.8. The molecule has 0 aliphatic rings. The van der Waals surface area contributed by atoms with E-state index < -0.39 is 40.7 Å². The average Bonchev–Trinajstić information content (AvgIpc) is 3.18. The van der Waals surface area contributed by atoms with Crippen LogP contribution in [0.4, 0.5) is 26.3 Å². The molecule has 0 aliphatic carbocycles. The fourth-order valence-corrected chi connectivity index (χ4v) is 4.55. The predicted octanol–water partition coefficient (Wildman–Crippen LogP) is 6.69. The van der Waals surface area contributed by atoms with Crippen LogP contribution in [0.1, 0.15) is 49.3 Å². The molecule has 0 saturated heterocycles. The predicted molar refractivity (Wildman–Crippen MR) is 138 cm³/mol. The monoisotopic (exact) mass is 584 g/mol. The normalized spacial score (nSPS) is 12.3. The third-order valence-electron chi connectivity index (χ3n) is 6.47. The van der Waals surface area contributed by atoms with Gasteiger partial charge in [-0.25, -0.2) is 9.59 Å². The summed E-state index contributed by atoms with van der Waals surface area (Å²) in [5.74, 6) is -0.0994. The van der Waals surface area contributed by atoms with E-state index in [1.165, 1.54) is 24.3 Å². The zero-order valence-corrected chi connectivity index (χ0v) is 21.8. The number of rotatable bonds is 10. The van der Waals surface area contributed by atoms with Crippen LogP contribution >= 0.6 is 0 Å². The molecule has 7 nitrogen and oxygen atoms in total. The van der Waals surface area contributed by atoms with Crippen LogP contribution in [-0.2, 0) is 25.3 Å². The standard InChI is InChI=1S/C28H26F6N2O5/c1-2-7-20-22(11-10-19-21(28(32,33)34)15-24(38)41-25(19)20)40-13-5-3-4-12-35-23(37)16-36(26(35)39)18-9-6-8-17(14-18)27(29,30)31/h6,8-11,14-16,37H,2-5,7,12-13H2,1H3. The van der Waals surface area contributed by atoms with Gasteiger partial charge in [0, 0.05) is 23.6 Å². The highest BCUT2D eigenvalue weighted by Gasteiger charge is 2.34. The highest BCUT2D eigenvalue weighted by atomic mass is 19.4. The van der Waals surface area contributed by atoms with Crippen molar-refractivity contribution in [1.82, 2.24) is 9.13 Å². The Kier molecular flexibility index (Phi) is 8.55. The Morgan fingerprint density at radius 3 is 2.39 bits per heavy atom. The van der Waals surface area contributed by atoms with E-state index in [9.17, 15) is 41.0 Å². The van der Waals surface area contributed by atoms with Crippen molar-refractivity contribution in [2.24, 2.45) is 0 Å². The summed E-state index contributed by atoms with van der Waals surface area (Å²) in [5, 5.41) is 9.98. The van der Waals surface area contributed by atoms with Crippen molar-refractivity contribution in [3.63, 3.8) is 0 Å². The third kappa shape index (κ3) is 6.60. The van der Waals surface area contributed by atoms with Gasteiger partial charge in [0.05, 0.1) is 29.6 Å². The van der Waals surface area contributed by atoms with Crippen LogP contribution in [0.15, 0.2) is 62.7 Å². The minimum absolute atomic E-state index is 0.0382. The quantitative estimate of drug-likeness (QED) is 0.128. The molecule has 0 amide bonds. The number of aryl methyl sites for hydroxylation is 1. The van der Waals surface area contributed by atoms with Crippen molar-refractivity contribution < 1.29 is 40.6 Å². The first-order valence-corrected chi connectivity index (χ1v) is 12.8. The van der Waals surface area contributed by atoms with Crippen LogP contribution in [0.3, 0.4) is 0 Å². The van der Waals surface area contributed by atoms with Crippen LogP contribution < -0.4 is 16.1 Å². The zero-order valence-electron chi connectivity index (χ0n) is 21.8. The molecule has 2 aromatic carbocycles. The number of fused-ring (bicyclic) bond motifs is 1. The number of halogens is 6. The van der Waals surface area contributed by atoms with E-state index in [4.69, 9.17) is 9.15 Å². The molecule has 2 aromatic heterocycles. The number of nitrogens with zero attached hydrogens (tertiary/aromatic N) is 2. The molecule has 0 unspecified atom stereocenters. The number of alkyl halides is 6. The van der Waals surface area contributed by atoms with Crippen molar-refractivity contribution in [1.29, 1.82) is 0 Å². The van der Waals surface area contributed by atoms with Gasteiger partial charge in [-0.3, -0.25) is 9.13 Å². The van der Waals surface area contributed by atoms with Crippen LogP contribution in [-0.4, -0.2) is 20.8 Å². The van der Waals surface area contributed by atoms with Gasteiger partial charge < -0.3 is 14.3 Å². The Hall–Kier alpha value is -4.16. The molecule has 0 bridgehead atoms. The molecule has 4 aromatic rings. The summed E-state index contributed by atoms with van der Waals surface area (Å²) in [7, 11) is 0. The Labute approximate surface area is 229 Å². The van der Waals surface area contributed by atoms with E-state index in [2.05, 4.69) is 0 Å². The van der Waals surface area contributed by atoms with E-state index in [-0.39, 0.29) is 29.8 Å². The first-order chi connectivity index (χ1) is 19.3. The molecule has 2 heterocycles. The number of imidazole rings is 1. The van der Waals surface area contributed by atoms with Gasteiger partial charge >= 0.3 is 23.7 Å². The molecule has 13 heteroatoms. The molecule has 41 heavy (non-hydrogen) atoms. The summed E-state index contributed by atoms with van der Waals surface area (Å²) in [5.41, 5.74) is -3.65. The SMILES string of the molecule is CCCc1c(OCCCCCn2c(O)cn(-c3cccc(C(F)(F)F)c3)c2=O)ccc2c(C(F)(F)F)cc(=O)oc12. The lowest BCUT2D eigenvalue weighted by atomic mass is 10.0. The van der Waals surface area contributed by atoms with E-state index in [1.54, 1.807) is 0 Å². The maximum atomic E-state index is 13.5. The van der Waals surface area contributed by atoms with Crippen LogP contribution in [0, 0.1) is 0 Å². The van der Waals surface area contributed by atoms with Gasteiger partial charge in [0.15, 0.2) is 0 Å². The van der Waals surface area contributed by atoms with Gasteiger partial charge in [-0.1, -0.05) is 19.4 Å². The number of aromatic hydroxyl groups is 1. The lowest BCUT2D eigenvalue weighted by Crippen LogP contribution is -2.23. The summed E-state index contributed by atoms with van der Waals surface area (Å²) < 4.78 is 92.4. The summed E-state index contributed by atoms with van der Waals surface area (Å²) in [6.45, 7) is 2.10. The minimum Gasteiger partial charge on any atom is -0.493 e. The molecule has 1 N–H and O–H groups in total. The molecule has 0 aliphatic heterocycles. The molecule has 0 radical (unpaired) electrons. The van der Waals surface area contributed by atoms with Crippen LogP contribution in [0.25, 0.3) is 16.7 Å². The fraction of sp³-hybridized carbons (Fsp3) is 0.357. The molecular weight excluding hydrogens is 558 g/mol.